The Morgan fingerprint density at radius 2 is 1.77 bits per heavy atom. The van der Waals surface area contributed by atoms with Gasteiger partial charge in [0.15, 0.2) is 11.6 Å². The first-order valence-electron chi connectivity index (χ1n) is 11.9. The number of nitrogens with one attached hydrogen (secondary N) is 3. The Morgan fingerprint density at radius 1 is 1.15 bits per heavy atom. The fourth-order valence-corrected chi connectivity index (χ4v) is 7.03. The van der Waals surface area contributed by atoms with Gasteiger partial charge in [0.25, 0.3) is 5.56 Å². The van der Waals surface area contributed by atoms with Crippen LogP contribution in [0.4, 0.5) is 24.7 Å². The third-order valence-corrected chi connectivity index (χ3v) is 10.6. The van der Waals surface area contributed by atoms with Gasteiger partial charge in [-0.1, -0.05) is 0 Å². The van der Waals surface area contributed by atoms with Crippen LogP contribution in [0.25, 0.3) is 10.9 Å². The summed E-state index contributed by atoms with van der Waals surface area (Å²) in [5.74, 6) is -1.84. The SMILES string of the molecule is CN(C)S(=O)(=O)c1ccc(Nc2n[nH]c3c(C4(CC#N)CCN(S(=O)(=O)CC(F)(F)F)CC4)c[nH]c(=O)c23)cc1. The molecule has 17 heteroatoms. The molecule has 2 aromatic heterocycles. The normalized spacial score (nSPS) is 16.7. The fourth-order valence-electron chi connectivity index (χ4n) is 4.79. The molecule has 0 spiro atoms. The maximum absolute atomic E-state index is 12.8. The lowest BCUT2D eigenvalue weighted by Gasteiger charge is -2.40. The average Bonchev–Trinajstić information content (AvgIpc) is 3.28. The number of H-pyrrole nitrogens is 2. The molecule has 1 aliphatic rings. The third kappa shape index (κ3) is 5.70. The van der Waals surface area contributed by atoms with Gasteiger partial charge in [-0.15, -0.1) is 0 Å². The fraction of sp³-hybridized carbons (Fsp3) is 0.435. The molecule has 216 valence electrons. The summed E-state index contributed by atoms with van der Waals surface area (Å²) in [4.78, 5) is 15.5. The second-order valence-corrected chi connectivity index (χ2v) is 13.8. The number of piperidine rings is 1. The predicted molar refractivity (Wildman–Crippen MR) is 140 cm³/mol. The first-order chi connectivity index (χ1) is 18.6. The molecule has 1 fully saturated rings. The second kappa shape index (κ2) is 10.5. The van der Waals surface area contributed by atoms with Crippen molar-refractivity contribution in [3.8, 4) is 6.07 Å². The van der Waals surface area contributed by atoms with Gasteiger partial charge < -0.3 is 10.3 Å². The lowest BCUT2D eigenvalue weighted by Crippen LogP contribution is -2.47. The van der Waals surface area contributed by atoms with Crippen molar-refractivity contribution in [1.82, 2.24) is 23.8 Å². The molecule has 0 radical (unpaired) electrons. The van der Waals surface area contributed by atoms with Crippen molar-refractivity contribution in [2.75, 3.05) is 38.3 Å². The van der Waals surface area contributed by atoms with Crippen LogP contribution in [-0.4, -0.2) is 79.7 Å². The maximum Gasteiger partial charge on any atom is 0.404 e. The zero-order valence-electron chi connectivity index (χ0n) is 21.4. The van der Waals surface area contributed by atoms with Crippen LogP contribution >= 0.6 is 0 Å². The highest BCUT2D eigenvalue weighted by atomic mass is 32.2. The Bertz CT molecular complexity index is 1720. The molecule has 1 aliphatic heterocycles. The number of halogens is 3. The molecule has 0 saturated carbocycles. The van der Waals surface area contributed by atoms with Gasteiger partial charge in [-0.3, -0.25) is 9.89 Å². The van der Waals surface area contributed by atoms with Gasteiger partial charge in [0.2, 0.25) is 20.0 Å². The largest absolute Gasteiger partial charge is 0.404 e. The first kappa shape index (κ1) is 29.5. The molecule has 3 heterocycles. The highest BCUT2D eigenvalue weighted by Gasteiger charge is 2.44. The standard InChI is InChI=1S/C23H26F3N7O5S2/c1-32(2)40(37,38)16-5-3-15(4-6-16)29-20-18-19(30-31-20)17(13-28-21(18)34)22(7-10-27)8-11-33(12-9-22)39(35,36)14-23(24,25)26/h3-6,13H,7-9,11-12,14H2,1-2H3,(H,28,34)(H2,29,30,31). The number of benzene rings is 1. The molecule has 4 rings (SSSR count). The molecule has 1 aromatic carbocycles. The molecule has 0 atom stereocenters. The topological polar surface area (TPSA) is 172 Å². The van der Waals surface area contributed by atoms with Gasteiger partial charge in [-0.05, 0) is 37.1 Å². The summed E-state index contributed by atoms with van der Waals surface area (Å²) in [6, 6.07) is 7.87. The summed E-state index contributed by atoms with van der Waals surface area (Å²) in [5, 5.41) is 19.7. The zero-order chi connectivity index (χ0) is 29.5. The van der Waals surface area contributed by atoms with E-state index in [1.807, 2.05) is 0 Å². The number of aromatic nitrogens is 3. The number of anilines is 2. The van der Waals surface area contributed by atoms with Gasteiger partial charge in [0, 0.05) is 56.5 Å². The van der Waals surface area contributed by atoms with Crippen LogP contribution in [0.5, 0.6) is 0 Å². The molecule has 0 amide bonds. The van der Waals surface area contributed by atoms with E-state index in [0.29, 0.717) is 16.8 Å². The molecule has 3 N–H and O–H groups in total. The molecule has 1 saturated heterocycles. The van der Waals surface area contributed by atoms with E-state index in [2.05, 4.69) is 26.6 Å². The smallest absolute Gasteiger partial charge is 0.338 e. The number of fused-ring (bicyclic) bond motifs is 1. The molecule has 0 bridgehead atoms. The summed E-state index contributed by atoms with van der Waals surface area (Å²) in [6.07, 6.45) is -3.47. The lowest BCUT2D eigenvalue weighted by atomic mass is 9.71. The van der Waals surface area contributed by atoms with Crippen molar-refractivity contribution in [3.05, 3.63) is 46.4 Å². The van der Waals surface area contributed by atoms with E-state index in [1.165, 1.54) is 44.6 Å². The summed E-state index contributed by atoms with van der Waals surface area (Å²) < 4.78 is 89.4. The van der Waals surface area contributed by atoms with Crippen molar-refractivity contribution in [3.63, 3.8) is 0 Å². The van der Waals surface area contributed by atoms with E-state index in [-0.39, 0.29) is 48.5 Å². The van der Waals surface area contributed by atoms with E-state index < -0.39 is 42.9 Å². The average molecular weight is 602 g/mol. The van der Waals surface area contributed by atoms with Gasteiger partial charge >= 0.3 is 6.18 Å². The monoisotopic (exact) mass is 601 g/mol. The van der Waals surface area contributed by atoms with Crippen LogP contribution in [0.2, 0.25) is 0 Å². The Labute approximate surface area is 227 Å². The van der Waals surface area contributed by atoms with Crippen molar-refractivity contribution in [2.24, 2.45) is 0 Å². The van der Waals surface area contributed by atoms with E-state index in [4.69, 9.17) is 0 Å². The quantitative estimate of drug-likeness (QED) is 0.353. The van der Waals surface area contributed by atoms with Crippen LogP contribution in [0.3, 0.4) is 0 Å². The van der Waals surface area contributed by atoms with E-state index in [1.54, 1.807) is 0 Å². The minimum atomic E-state index is -4.88. The number of sulfonamides is 2. The van der Waals surface area contributed by atoms with E-state index in [9.17, 15) is 40.1 Å². The number of nitriles is 1. The van der Waals surface area contributed by atoms with Crippen LogP contribution < -0.4 is 10.9 Å². The Kier molecular flexibility index (Phi) is 7.75. The number of alkyl halides is 3. The maximum atomic E-state index is 12.8. The molecule has 0 aliphatic carbocycles. The Hall–Kier alpha value is -3.46. The van der Waals surface area contributed by atoms with Gasteiger partial charge in [-0.2, -0.15) is 23.5 Å². The summed E-state index contributed by atoms with van der Waals surface area (Å²) >= 11 is 0. The number of pyridine rings is 1. The Morgan fingerprint density at radius 3 is 2.33 bits per heavy atom. The first-order valence-corrected chi connectivity index (χ1v) is 15.0. The molecular weight excluding hydrogens is 575 g/mol. The molecule has 3 aromatic rings. The number of hydrogen-bond acceptors (Lipinski definition) is 8. The molecule has 12 nitrogen and oxygen atoms in total. The summed E-state index contributed by atoms with van der Waals surface area (Å²) in [6.45, 7) is -0.468. The zero-order valence-corrected chi connectivity index (χ0v) is 23.0. The third-order valence-electron chi connectivity index (χ3n) is 6.91. The van der Waals surface area contributed by atoms with Crippen molar-refractivity contribution < 1.29 is 30.0 Å². The van der Waals surface area contributed by atoms with Gasteiger partial charge in [0.1, 0.15) is 5.39 Å². The summed E-state index contributed by atoms with van der Waals surface area (Å²) in [5.41, 5.74) is -0.276. The Balaban J connectivity index is 1.66. The van der Waals surface area contributed by atoms with Gasteiger partial charge in [0.05, 0.1) is 16.5 Å². The summed E-state index contributed by atoms with van der Waals surface area (Å²) in [7, 11) is -5.42. The lowest BCUT2D eigenvalue weighted by molar-refractivity contribution is -0.107. The van der Waals surface area contributed by atoms with Crippen LogP contribution in [0.1, 0.15) is 24.8 Å². The molecule has 40 heavy (non-hydrogen) atoms. The molecule has 0 unspecified atom stereocenters. The highest BCUT2D eigenvalue weighted by Crippen LogP contribution is 2.42. The van der Waals surface area contributed by atoms with Crippen LogP contribution in [0.15, 0.2) is 40.2 Å². The van der Waals surface area contributed by atoms with Crippen molar-refractivity contribution in [1.29, 1.82) is 5.26 Å². The van der Waals surface area contributed by atoms with Gasteiger partial charge in [-0.25, -0.2) is 25.4 Å². The highest BCUT2D eigenvalue weighted by molar-refractivity contribution is 7.89. The van der Waals surface area contributed by atoms with Crippen LogP contribution in [-0.2, 0) is 25.5 Å². The van der Waals surface area contributed by atoms with Crippen molar-refractivity contribution >= 4 is 42.5 Å². The number of rotatable bonds is 8. The minimum absolute atomic E-state index is 0.0440. The van der Waals surface area contributed by atoms with E-state index in [0.717, 1.165) is 8.61 Å². The molecular formula is C23H26F3N7O5S2. The predicted octanol–water partition coefficient (Wildman–Crippen LogP) is 2.38. The van der Waals surface area contributed by atoms with Crippen LogP contribution in [0, 0.1) is 11.3 Å². The minimum Gasteiger partial charge on any atom is -0.338 e. The number of hydrogen-bond donors (Lipinski definition) is 3. The van der Waals surface area contributed by atoms with Crippen molar-refractivity contribution in [2.45, 2.75) is 35.7 Å². The van der Waals surface area contributed by atoms with E-state index >= 15 is 0 Å². The number of aromatic amines is 2. The second-order valence-electron chi connectivity index (χ2n) is 9.68. The number of nitrogens with zero attached hydrogens (tertiary/aromatic N) is 4.